The van der Waals surface area contributed by atoms with Gasteiger partial charge in [0.2, 0.25) is 5.95 Å². The first-order chi connectivity index (χ1) is 12.3. The van der Waals surface area contributed by atoms with Crippen LogP contribution in [-0.4, -0.2) is 30.0 Å². The van der Waals surface area contributed by atoms with Gasteiger partial charge in [0.05, 0.1) is 21.6 Å². The fourth-order valence-electron chi connectivity index (χ4n) is 2.77. The van der Waals surface area contributed by atoms with Gasteiger partial charge in [0.25, 0.3) is 0 Å². The van der Waals surface area contributed by atoms with Gasteiger partial charge in [-0.2, -0.15) is 0 Å². The minimum atomic E-state index is -2.71. The predicted molar refractivity (Wildman–Crippen MR) is 103 cm³/mol. The van der Waals surface area contributed by atoms with E-state index in [2.05, 4.69) is 38.7 Å². The van der Waals surface area contributed by atoms with Crippen molar-refractivity contribution >= 4 is 21.4 Å². The molecular weight excluding hydrogens is 348 g/mol. The first-order valence-corrected chi connectivity index (χ1v) is 10.2. The molecule has 26 heavy (non-hydrogen) atoms. The summed E-state index contributed by atoms with van der Waals surface area (Å²) < 4.78 is 21.5. The van der Waals surface area contributed by atoms with Crippen molar-refractivity contribution in [2.24, 2.45) is 0 Å². The molecule has 0 saturated carbocycles. The summed E-state index contributed by atoms with van der Waals surface area (Å²) in [5.74, 6) is 1.43. The zero-order valence-corrected chi connectivity index (χ0v) is 16.0. The lowest BCUT2D eigenvalue weighted by atomic mass is 10.2. The van der Waals surface area contributed by atoms with Crippen molar-refractivity contribution in [3.8, 4) is 11.3 Å². The van der Waals surface area contributed by atoms with Gasteiger partial charge < -0.3 is 9.88 Å². The summed E-state index contributed by atoms with van der Waals surface area (Å²) in [4.78, 5) is 13.6. The maximum atomic E-state index is 11.7. The van der Waals surface area contributed by atoms with Gasteiger partial charge in [-0.3, -0.25) is 0 Å². The molecule has 3 rings (SSSR count). The number of imidazole rings is 1. The number of nitrogens with zero attached hydrogens (tertiary/aromatic N) is 4. The third-order valence-electron chi connectivity index (χ3n) is 4.01. The van der Waals surface area contributed by atoms with Crippen molar-refractivity contribution in [1.82, 2.24) is 19.5 Å². The molecule has 0 spiro atoms. The Labute approximate surface area is 153 Å². The first kappa shape index (κ1) is 18.1. The highest BCUT2D eigenvalue weighted by Crippen LogP contribution is 2.24. The number of hydrogen-bond donors (Lipinski definition) is 2. The molecule has 0 saturated heterocycles. The Kier molecular flexibility index (Phi) is 4.78. The molecule has 8 heteroatoms. The van der Waals surface area contributed by atoms with Crippen molar-refractivity contribution in [3.05, 3.63) is 48.7 Å². The van der Waals surface area contributed by atoms with Gasteiger partial charge in [-0.05, 0) is 45.0 Å². The fraction of sp³-hybridized carbons (Fsp3) is 0.278. The number of benzene rings is 1. The molecule has 2 N–H and O–H groups in total. The third kappa shape index (κ3) is 3.75. The second-order valence-electron chi connectivity index (χ2n) is 6.44. The van der Waals surface area contributed by atoms with E-state index in [9.17, 15) is 4.21 Å². The number of anilines is 2. The molecule has 0 aliphatic carbocycles. The lowest BCUT2D eigenvalue weighted by Crippen LogP contribution is -2.05. The molecule has 0 aliphatic rings. The van der Waals surface area contributed by atoms with Gasteiger partial charge in [-0.15, -0.1) is 0 Å². The minimum absolute atomic E-state index is 0.301. The number of nitrogens with one attached hydrogen (secondary N) is 2. The van der Waals surface area contributed by atoms with E-state index in [4.69, 9.17) is 4.78 Å². The highest BCUT2D eigenvalue weighted by atomic mass is 32.2. The standard InChI is InChI=1S/C18H22N6OS/c1-12(2)24-13(3)20-11-17(24)14-9-21-18(22-10-14)23-15-5-7-16(8-6-15)26(4,19)25/h5-12,19H,1-4H3,(H,21,22,23). The highest BCUT2D eigenvalue weighted by molar-refractivity contribution is 7.91. The van der Waals surface area contributed by atoms with E-state index in [0.717, 1.165) is 22.8 Å². The van der Waals surface area contributed by atoms with Crippen molar-refractivity contribution in [2.75, 3.05) is 11.6 Å². The average Bonchev–Trinajstić information content (AvgIpc) is 2.97. The maximum Gasteiger partial charge on any atom is 0.227 e. The van der Waals surface area contributed by atoms with Crippen LogP contribution in [0.25, 0.3) is 11.3 Å². The number of hydrogen-bond acceptors (Lipinski definition) is 6. The van der Waals surface area contributed by atoms with Crippen LogP contribution in [0.1, 0.15) is 25.7 Å². The molecule has 0 aliphatic heterocycles. The molecule has 0 radical (unpaired) electrons. The molecule has 2 heterocycles. The van der Waals surface area contributed by atoms with E-state index in [1.54, 1.807) is 36.7 Å². The van der Waals surface area contributed by atoms with Crippen LogP contribution in [0, 0.1) is 11.7 Å². The van der Waals surface area contributed by atoms with E-state index in [0.29, 0.717) is 16.9 Å². The van der Waals surface area contributed by atoms with E-state index < -0.39 is 9.73 Å². The molecule has 3 aromatic rings. The summed E-state index contributed by atoms with van der Waals surface area (Å²) in [5.41, 5.74) is 2.66. The lowest BCUT2D eigenvalue weighted by Gasteiger charge is -2.14. The van der Waals surface area contributed by atoms with Crippen LogP contribution < -0.4 is 5.32 Å². The monoisotopic (exact) mass is 370 g/mol. The van der Waals surface area contributed by atoms with Gasteiger partial charge in [-0.1, -0.05) is 0 Å². The van der Waals surface area contributed by atoms with E-state index in [1.165, 1.54) is 6.26 Å². The highest BCUT2D eigenvalue weighted by Gasteiger charge is 2.12. The Hall–Kier alpha value is -2.74. The van der Waals surface area contributed by atoms with Crippen LogP contribution in [0.15, 0.2) is 47.8 Å². The molecule has 1 unspecified atom stereocenters. The first-order valence-electron chi connectivity index (χ1n) is 8.23. The molecule has 7 nitrogen and oxygen atoms in total. The van der Waals surface area contributed by atoms with Crippen LogP contribution in [0.3, 0.4) is 0 Å². The Balaban J connectivity index is 1.80. The minimum Gasteiger partial charge on any atom is -0.326 e. The second kappa shape index (κ2) is 6.87. The molecule has 0 amide bonds. The largest absolute Gasteiger partial charge is 0.326 e. The fourth-order valence-corrected chi connectivity index (χ4v) is 3.43. The molecule has 0 bridgehead atoms. The Bertz CT molecular complexity index is 1000. The zero-order chi connectivity index (χ0) is 18.9. The van der Waals surface area contributed by atoms with Crippen LogP contribution in [-0.2, 0) is 9.73 Å². The lowest BCUT2D eigenvalue weighted by molar-refractivity contribution is 0.588. The summed E-state index contributed by atoms with van der Waals surface area (Å²) in [6.07, 6.45) is 6.77. The van der Waals surface area contributed by atoms with Crippen molar-refractivity contribution in [2.45, 2.75) is 31.7 Å². The zero-order valence-electron chi connectivity index (χ0n) is 15.2. The Morgan fingerprint density at radius 1 is 1.08 bits per heavy atom. The Morgan fingerprint density at radius 3 is 2.23 bits per heavy atom. The van der Waals surface area contributed by atoms with E-state index >= 15 is 0 Å². The van der Waals surface area contributed by atoms with Crippen molar-refractivity contribution in [1.29, 1.82) is 4.78 Å². The van der Waals surface area contributed by atoms with Crippen LogP contribution in [0.5, 0.6) is 0 Å². The number of aryl methyl sites for hydroxylation is 1. The number of rotatable bonds is 5. The molecule has 136 valence electrons. The van der Waals surface area contributed by atoms with E-state index in [-0.39, 0.29) is 0 Å². The summed E-state index contributed by atoms with van der Waals surface area (Å²) >= 11 is 0. The summed E-state index contributed by atoms with van der Waals surface area (Å²) in [6.45, 7) is 6.21. The van der Waals surface area contributed by atoms with E-state index in [1.807, 2.05) is 13.1 Å². The molecule has 1 aromatic carbocycles. The van der Waals surface area contributed by atoms with Gasteiger partial charge in [0.15, 0.2) is 0 Å². The van der Waals surface area contributed by atoms with Gasteiger partial charge in [-0.25, -0.2) is 23.9 Å². The third-order valence-corrected chi connectivity index (χ3v) is 5.18. The van der Waals surface area contributed by atoms with Crippen LogP contribution in [0.4, 0.5) is 11.6 Å². The van der Waals surface area contributed by atoms with Gasteiger partial charge >= 0.3 is 0 Å². The quantitative estimate of drug-likeness (QED) is 0.707. The van der Waals surface area contributed by atoms with Gasteiger partial charge in [0, 0.05) is 40.8 Å². The maximum absolute atomic E-state index is 11.7. The van der Waals surface area contributed by atoms with Crippen molar-refractivity contribution in [3.63, 3.8) is 0 Å². The summed E-state index contributed by atoms with van der Waals surface area (Å²) in [7, 11) is -2.71. The van der Waals surface area contributed by atoms with Crippen LogP contribution in [0.2, 0.25) is 0 Å². The topological polar surface area (TPSA) is 96.6 Å². The van der Waals surface area contributed by atoms with Gasteiger partial charge in [0.1, 0.15) is 5.82 Å². The molecular formula is C18H22N6OS. The summed E-state index contributed by atoms with van der Waals surface area (Å²) in [6, 6.07) is 7.18. The molecule has 0 fully saturated rings. The smallest absolute Gasteiger partial charge is 0.227 e. The summed E-state index contributed by atoms with van der Waals surface area (Å²) in [5, 5.41) is 3.11. The average molecular weight is 370 g/mol. The van der Waals surface area contributed by atoms with Crippen LogP contribution >= 0.6 is 0 Å². The number of aromatic nitrogens is 4. The molecule has 2 aromatic heterocycles. The Morgan fingerprint density at radius 2 is 1.69 bits per heavy atom. The normalized spacial score (nSPS) is 13.6. The SMILES string of the molecule is Cc1ncc(-c2cnc(Nc3ccc(S(C)(=N)=O)cc3)nc2)n1C(C)C. The molecule has 1 atom stereocenters. The predicted octanol–water partition coefficient (Wildman–Crippen LogP) is 4.01. The van der Waals surface area contributed by atoms with Crippen molar-refractivity contribution < 1.29 is 4.21 Å². The second-order valence-corrected chi connectivity index (χ2v) is 8.60.